The number of carbonyl (C=O) groups excluding carboxylic acids is 1. The molecule has 0 unspecified atom stereocenters. The van der Waals surface area contributed by atoms with E-state index in [0.29, 0.717) is 11.9 Å². The van der Waals surface area contributed by atoms with Crippen LogP contribution in [0.4, 0.5) is 0 Å². The van der Waals surface area contributed by atoms with E-state index in [1.165, 1.54) is 0 Å². The lowest BCUT2D eigenvalue weighted by atomic mass is 10.2. The Labute approximate surface area is 88.5 Å². The lowest BCUT2D eigenvalue weighted by molar-refractivity contribution is -0.139. The molecule has 0 aromatic rings. The van der Waals surface area contributed by atoms with Crippen molar-refractivity contribution in [1.29, 1.82) is 0 Å². The molecule has 3 heteroatoms. The SMILES string of the molecule is CC/C=C(\CBr)C(=O)OCCCC. The molecule has 0 rings (SSSR count). The molecule has 0 atom stereocenters. The summed E-state index contributed by atoms with van der Waals surface area (Å²) >= 11 is 3.26. The zero-order valence-electron chi connectivity index (χ0n) is 8.31. The fourth-order valence-electron chi connectivity index (χ4n) is 0.841. The van der Waals surface area contributed by atoms with Gasteiger partial charge in [-0.1, -0.05) is 42.3 Å². The number of hydrogen-bond donors (Lipinski definition) is 0. The maximum Gasteiger partial charge on any atom is 0.334 e. The zero-order chi connectivity index (χ0) is 10.1. The third-order valence-electron chi connectivity index (χ3n) is 1.59. The number of unbranched alkanes of at least 4 members (excludes halogenated alkanes) is 1. The predicted molar refractivity (Wildman–Crippen MR) is 58.0 cm³/mol. The minimum absolute atomic E-state index is 0.188. The maximum absolute atomic E-state index is 11.3. The highest BCUT2D eigenvalue weighted by atomic mass is 79.9. The van der Waals surface area contributed by atoms with Gasteiger partial charge in [0.15, 0.2) is 0 Å². The molecule has 0 radical (unpaired) electrons. The maximum atomic E-state index is 11.3. The second-order valence-electron chi connectivity index (χ2n) is 2.76. The monoisotopic (exact) mass is 248 g/mol. The average Bonchev–Trinajstić information content (AvgIpc) is 2.14. The van der Waals surface area contributed by atoms with Gasteiger partial charge in [-0.05, 0) is 12.8 Å². The molecule has 0 heterocycles. The first-order valence-electron chi connectivity index (χ1n) is 4.68. The van der Waals surface area contributed by atoms with Crippen LogP contribution in [0.2, 0.25) is 0 Å². The van der Waals surface area contributed by atoms with E-state index in [9.17, 15) is 4.79 Å². The fourth-order valence-corrected chi connectivity index (χ4v) is 1.30. The summed E-state index contributed by atoms with van der Waals surface area (Å²) in [6.07, 6.45) is 4.74. The van der Waals surface area contributed by atoms with Crippen LogP contribution in [0.25, 0.3) is 0 Å². The minimum Gasteiger partial charge on any atom is -0.462 e. The second-order valence-corrected chi connectivity index (χ2v) is 3.32. The van der Waals surface area contributed by atoms with Crippen LogP contribution in [-0.4, -0.2) is 17.9 Å². The summed E-state index contributed by atoms with van der Waals surface area (Å²) in [5.74, 6) is -0.188. The number of esters is 1. The van der Waals surface area contributed by atoms with Gasteiger partial charge in [-0.2, -0.15) is 0 Å². The summed E-state index contributed by atoms with van der Waals surface area (Å²) in [7, 11) is 0. The highest BCUT2D eigenvalue weighted by Crippen LogP contribution is 2.04. The zero-order valence-corrected chi connectivity index (χ0v) is 9.89. The molecule has 0 aliphatic carbocycles. The third kappa shape index (κ3) is 5.86. The van der Waals surface area contributed by atoms with Crippen molar-refractivity contribution in [1.82, 2.24) is 0 Å². The number of ether oxygens (including phenoxy) is 1. The Hall–Kier alpha value is -0.310. The van der Waals surface area contributed by atoms with Crippen molar-refractivity contribution in [3.63, 3.8) is 0 Å². The average molecular weight is 249 g/mol. The molecule has 0 saturated carbocycles. The third-order valence-corrected chi connectivity index (χ3v) is 2.19. The number of rotatable bonds is 6. The van der Waals surface area contributed by atoms with Gasteiger partial charge in [0.05, 0.1) is 6.61 Å². The Balaban J connectivity index is 3.85. The summed E-state index contributed by atoms with van der Waals surface area (Å²) in [5, 5.41) is 0.575. The van der Waals surface area contributed by atoms with Gasteiger partial charge in [0.2, 0.25) is 0 Å². The number of carbonyl (C=O) groups is 1. The van der Waals surface area contributed by atoms with E-state index < -0.39 is 0 Å². The standard InChI is InChI=1S/C10H17BrO2/c1-3-5-7-13-10(12)9(8-11)6-4-2/h6H,3-5,7-8H2,1-2H3/b9-6+. The summed E-state index contributed by atoms with van der Waals surface area (Å²) in [6, 6.07) is 0. The number of halogens is 1. The number of allylic oxidation sites excluding steroid dienone is 1. The van der Waals surface area contributed by atoms with E-state index >= 15 is 0 Å². The molecule has 2 nitrogen and oxygen atoms in total. The molecule has 0 aromatic heterocycles. The Bertz CT molecular complexity index is 176. The van der Waals surface area contributed by atoms with Crippen LogP contribution < -0.4 is 0 Å². The summed E-state index contributed by atoms with van der Waals surface area (Å²) in [6.45, 7) is 4.60. The summed E-state index contributed by atoms with van der Waals surface area (Å²) in [5.41, 5.74) is 0.721. The highest BCUT2D eigenvalue weighted by Gasteiger charge is 2.07. The van der Waals surface area contributed by atoms with Gasteiger partial charge < -0.3 is 4.74 Å². The van der Waals surface area contributed by atoms with Crippen LogP contribution in [0.1, 0.15) is 33.1 Å². The molecule has 0 aromatic carbocycles. The van der Waals surface area contributed by atoms with Crippen molar-refractivity contribution in [3.05, 3.63) is 11.6 Å². The molecule has 0 amide bonds. The first kappa shape index (κ1) is 12.7. The quantitative estimate of drug-likeness (QED) is 0.313. The minimum atomic E-state index is -0.188. The first-order chi connectivity index (χ1) is 6.26. The van der Waals surface area contributed by atoms with Gasteiger partial charge in [-0.15, -0.1) is 0 Å². The lowest BCUT2D eigenvalue weighted by Crippen LogP contribution is -2.09. The smallest absolute Gasteiger partial charge is 0.334 e. The van der Waals surface area contributed by atoms with Crippen molar-refractivity contribution in [2.45, 2.75) is 33.1 Å². The molecule has 13 heavy (non-hydrogen) atoms. The Morgan fingerprint density at radius 1 is 1.46 bits per heavy atom. The molecule has 76 valence electrons. The van der Waals surface area contributed by atoms with Gasteiger partial charge in [-0.25, -0.2) is 4.79 Å². The van der Waals surface area contributed by atoms with Crippen molar-refractivity contribution >= 4 is 21.9 Å². The van der Waals surface area contributed by atoms with Crippen LogP contribution in [-0.2, 0) is 9.53 Å². The van der Waals surface area contributed by atoms with Gasteiger partial charge >= 0.3 is 5.97 Å². The van der Waals surface area contributed by atoms with E-state index in [2.05, 4.69) is 22.9 Å². The Morgan fingerprint density at radius 3 is 2.62 bits per heavy atom. The molecule has 0 aliphatic rings. The van der Waals surface area contributed by atoms with Gasteiger partial charge in [0, 0.05) is 10.9 Å². The second kappa shape index (κ2) is 8.30. The van der Waals surface area contributed by atoms with E-state index in [-0.39, 0.29) is 5.97 Å². The van der Waals surface area contributed by atoms with Crippen LogP contribution in [0.15, 0.2) is 11.6 Å². The number of hydrogen-bond acceptors (Lipinski definition) is 2. The van der Waals surface area contributed by atoms with E-state index in [4.69, 9.17) is 4.74 Å². The van der Waals surface area contributed by atoms with E-state index in [1.54, 1.807) is 0 Å². The van der Waals surface area contributed by atoms with E-state index in [1.807, 2.05) is 13.0 Å². The topological polar surface area (TPSA) is 26.3 Å². The van der Waals surface area contributed by atoms with Crippen molar-refractivity contribution in [3.8, 4) is 0 Å². The Kier molecular flexibility index (Phi) is 8.10. The van der Waals surface area contributed by atoms with Crippen LogP contribution in [0.5, 0.6) is 0 Å². The molecule has 0 saturated heterocycles. The van der Waals surface area contributed by atoms with Crippen LogP contribution in [0.3, 0.4) is 0 Å². The predicted octanol–water partition coefficient (Wildman–Crippen LogP) is 3.06. The van der Waals surface area contributed by atoms with Crippen LogP contribution in [0, 0.1) is 0 Å². The van der Waals surface area contributed by atoms with E-state index in [0.717, 1.165) is 24.8 Å². The highest BCUT2D eigenvalue weighted by molar-refractivity contribution is 9.09. The van der Waals surface area contributed by atoms with Crippen molar-refractivity contribution in [2.75, 3.05) is 11.9 Å². The largest absolute Gasteiger partial charge is 0.462 e. The van der Waals surface area contributed by atoms with Crippen molar-refractivity contribution < 1.29 is 9.53 Å². The summed E-state index contributed by atoms with van der Waals surface area (Å²) in [4.78, 5) is 11.3. The van der Waals surface area contributed by atoms with Gasteiger partial charge in [0.1, 0.15) is 0 Å². The summed E-state index contributed by atoms with van der Waals surface area (Å²) < 4.78 is 5.05. The molecule has 0 aliphatic heterocycles. The van der Waals surface area contributed by atoms with Gasteiger partial charge in [0.25, 0.3) is 0 Å². The molecule has 0 N–H and O–H groups in total. The van der Waals surface area contributed by atoms with Gasteiger partial charge in [-0.3, -0.25) is 0 Å². The fraction of sp³-hybridized carbons (Fsp3) is 0.700. The molecular formula is C10H17BrO2. The molecule has 0 spiro atoms. The van der Waals surface area contributed by atoms with Crippen LogP contribution >= 0.6 is 15.9 Å². The van der Waals surface area contributed by atoms with Crippen molar-refractivity contribution in [2.24, 2.45) is 0 Å². The molecular weight excluding hydrogens is 232 g/mol. The lowest BCUT2D eigenvalue weighted by Gasteiger charge is -2.04. The normalized spacial score (nSPS) is 11.5. The molecule has 0 fully saturated rings. The first-order valence-corrected chi connectivity index (χ1v) is 5.80. The number of alkyl halides is 1. The molecule has 0 bridgehead atoms. The Morgan fingerprint density at radius 2 is 2.15 bits per heavy atom.